The number of rotatable bonds is 3. The van der Waals surface area contributed by atoms with Crippen LogP contribution in [0.15, 0.2) is 106 Å². The van der Waals surface area contributed by atoms with E-state index in [2.05, 4.69) is 112 Å². The van der Waals surface area contributed by atoms with Gasteiger partial charge in [0.1, 0.15) is 0 Å². The lowest BCUT2D eigenvalue weighted by molar-refractivity contribution is 0.549. The Hall–Kier alpha value is -2.64. The molecule has 2 aromatic carbocycles. The summed E-state index contributed by atoms with van der Waals surface area (Å²) < 4.78 is 0. The number of fused-ring (bicyclic) bond motifs is 2. The molecular formula is C28H28Si. The fourth-order valence-corrected chi connectivity index (χ4v) is 7.74. The molecule has 0 aromatic heterocycles. The van der Waals surface area contributed by atoms with Gasteiger partial charge in [-0.15, -0.1) is 0 Å². The van der Waals surface area contributed by atoms with Crippen LogP contribution in [0.5, 0.6) is 0 Å². The van der Waals surface area contributed by atoms with Gasteiger partial charge in [-0.25, -0.2) is 0 Å². The quantitative estimate of drug-likeness (QED) is 0.498. The third-order valence-electron chi connectivity index (χ3n) is 6.86. The van der Waals surface area contributed by atoms with Crippen LogP contribution in [-0.4, -0.2) is 8.80 Å². The summed E-state index contributed by atoms with van der Waals surface area (Å²) in [7, 11) is -0.933. The largest absolute Gasteiger partial charge is 0.0686 e. The lowest BCUT2D eigenvalue weighted by Gasteiger charge is -2.43. The maximum atomic E-state index is 2.50. The number of allylic oxidation sites excluding steroid dienone is 9. The lowest BCUT2D eigenvalue weighted by atomic mass is 9.59. The Balaban J connectivity index is 1.79. The monoisotopic (exact) mass is 392 g/mol. The summed E-state index contributed by atoms with van der Waals surface area (Å²) in [5.74, 6) is 0.327. The Labute approximate surface area is 176 Å². The molecule has 3 aliphatic carbocycles. The molecule has 0 saturated carbocycles. The molecular weight excluding hydrogens is 364 g/mol. The van der Waals surface area contributed by atoms with Crippen LogP contribution in [0, 0.1) is 0 Å². The maximum Gasteiger partial charge on any atom is 0.0658 e. The molecule has 1 heteroatoms. The summed E-state index contributed by atoms with van der Waals surface area (Å²) in [6, 6.07) is 20.1. The summed E-state index contributed by atoms with van der Waals surface area (Å²) in [6.07, 6.45) is 12.1. The van der Waals surface area contributed by atoms with Gasteiger partial charge in [-0.05, 0) is 41.7 Å². The highest BCUT2D eigenvalue weighted by Crippen LogP contribution is 2.58. The van der Waals surface area contributed by atoms with Crippen LogP contribution >= 0.6 is 0 Å². The normalized spacial score (nSPS) is 25.0. The first-order chi connectivity index (χ1) is 14.0. The third-order valence-corrected chi connectivity index (χ3v) is 8.78. The summed E-state index contributed by atoms with van der Waals surface area (Å²) in [6.45, 7) is 9.54. The van der Waals surface area contributed by atoms with Gasteiger partial charge in [0.15, 0.2) is 0 Å². The van der Waals surface area contributed by atoms with E-state index in [-0.39, 0.29) is 5.41 Å². The van der Waals surface area contributed by atoms with E-state index in [0.717, 1.165) is 0 Å². The van der Waals surface area contributed by atoms with E-state index in [0.29, 0.717) is 5.92 Å². The molecule has 0 N–H and O–H groups in total. The SMILES string of the molecule is CC1=Cc2ccccc2[C@@H]1C1(c2ccccc2)C=CC=C2C1=CC(C)=C2[SiH](C)C. The molecule has 0 bridgehead atoms. The highest BCUT2D eigenvalue weighted by molar-refractivity contribution is 6.66. The van der Waals surface area contributed by atoms with Crippen molar-refractivity contribution in [3.05, 3.63) is 123 Å². The predicted molar refractivity (Wildman–Crippen MR) is 128 cm³/mol. The summed E-state index contributed by atoms with van der Waals surface area (Å²) in [5, 5.41) is 1.64. The van der Waals surface area contributed by atoms with Crippen LogP contribution in [0.3, 0.4) is 0 Å². The third kappa shape index (κ3) is 2.57. The smallest absolute Gasteiger partial charge is 0.0658 e. The second kappa shape index (κ2) is 6.71. The average molecular weight is 393 g/mol. The Kier molecular flexibility index (Phi) is 4.25. The zero-order chi connectivity index (χ0) is 20.2. The minimum absolute atomic E-state index is 0.162. The van der Waals surface area contributed by atoms with Crippen LogP contribution in [0.4, 0.5) is 0 Å². The zero-order valence-corrected chi connectivity index (χ0v) is 18.9. The standard InChI is InChI=1S/C28H28Si/c1-19-17-21-11-8-9-14-23(21)26(19)28(22-12-6-5-7-13-22)16-10-15-24-25(28)18-20(2)27(24)29(3)4/h5-18,26,29H,1-4H3/t26-,28?/m1/s1. The van der Waals surface area contributed by atoms with Crippen molar-refractivity contribution in [3.8, 4) is 0 Å². The molecule has 0 radical (unpaired) electrons. The Morgan fingerprint density at radius 2 is 1.59 bits per heavy atom. The van der Waals surface area contributed by atoms with Crippen molar-refractivity contribution in [2.24, 2.45) is 0 Å². The van der Waals surface area contributed by atoms with Gasteiger partial charge in [0.05, 0.1) is 8.80 Å². The molecule has 1 unspecified atom stereocenters. The van der Waals surface area contributed by atoms with Crippen molar-refractivity contribution in [2.45, 2.75) is 38.3 Å². The van der Waals surface area contributed by atoms with Crippen molar-refractivity contribution in [2.75, 3.05) is 0 Å². The Morgan fingerprint density at radius 3 is 2.34 bits per heavy atom. The lowest BCUT2D eigenvalue weighted by Crippen LogP contribution is -2.36. The van der Waals surface area contributed by atoms with Crippen LogP contribution in [0.1, 0.15) is 36.5 Å². The molecule has 3 aliphatic rings. The fraction of sp³-hybridized carbons (Fsp3) is 0.214. The van der Waals surface area contributed by atoms with Crippen molar-refractivity contribution in [1.29, 1.82) is 0 Å². The van der Waals surface area contributed by atoms with E-state index in [1.807, 2.05) is 0 Å². The number of hydrogen-bond donors (Lipinski definition) is 0. The molecule has 2 atom stereocenters. The van der Waals surface area contributed by atoms with Crippen molar-refractivity contribution >= 4 is 14.9 Å². The topological polar surface area (TPSA) is 0 Å². The highest BCUT2D eigenvalue weighted by atomic mass is 28.3. The molecule has 144 valence electrons. The molecule has 0 heterocycles. The number of benzene rings is 2. The van der Waals surface area contributed by atoms with Crippen LogP contribution < -0.4 is 0 Å². The molecule has 0 aliphatic heterocycles. The van der Waals surface area contributed by atoms with Crippen LogP contribution in [-0.2, 0) is 5.41 Å². The van der Waals surface area contributed by atoms with Gasteiger partial charge in [-0.3, -0.25) is 0 Å². The predicted octanol–water partition coefficient (Wildman–Crippen LogP) is 6.90. The van der Waals surface area contributed by atoms with E-state index in [4.69, 9.17) is 0 Å². The van der Waals surface area contributed by atoms with Crippen LogP contribution in [0.25, 0.3) is 6.08 Å². The van der Waals surface area contributed by atoms with Crippen molar-refractivity contribution in [3.63, 3.8) is 0 Å². The first-order valence-corrected chi connectivity index (χ1v) is 13.6. The molecule has 0 fully saturated rings. The van der Waals surface area contributed by atoms with Gasteiger partial charge < -0.3 is 0 Å². The summed E-state index contributed by atoms with van der Waals surface area (Å²) in [4.78, 5) is 0. The van der Waals surface area contributed by atoms with Crippen molar-refractivity contribution in [1.82, 2.24) is 0 Å². The summed E-state index contributed by atoms with van der Waals surface area (Å²) >= 11 is 0. The van der Waals surface area contributed by atoms with Crippen molar-refractivity contribution < 1.29 is 0 Å². The molecule has 0 saturated heterocycles. The molecule has 29 heavy (non-hydrogen) atoms. The number of hydrogen-bond acceptors (Lipinski definition) is 0. The zero-order valence-electron chi connectivity index (χ0n) is 17.7. The van der Waals surface area contributed by atoms with Gasteiger partial charge in [0, 0.05) is 11.3 Å². The van der Waals surface area contributed by atoms with Gasteiger partial charge in [0.2, 0.25) is 0 Å². The van der Waals surface area contributed by atoms with Gasteiger partial charge in [-0.1, -0.05) is 114 Å². The minimum atomic E-state index is -0.933. The second-order valence-corrected chi connectivity index (χ2v) is 11.8. The van der Waals surface area contributed by atoms with E-state index in [1.165, 1.54) is 39.0 Å². The van der Waals surface area contributed by atoms with E-state index in [1.54, 1.807) is 5.20 Å². The first kappa shape index (κ1) is 18.4. The Bertz CT molecular complexity index is 1140. The maximum absolute atomic E-state index is 2.50. The molecule has 5 rings (SSSR count). The molecule has 0 spiro atoms. The van der Waals surface area contributed by atoms with Gasteiger partial charge in [-0.2, -0.15) is 0 Å². The average Bonchev–Trinajstić information content (AvgIpc) is 3.24. The molecule has 2 aromatic rings. The second-order valence-electron chi connectivity index (χ2n) is 8.93. The van der Waals surface area contributed by atoms with Crippen LogP contribution in [0.2, 0.25) is 13.1 Å². The minimum Gasteiger partial charge on any atom is -0.0686 e. The highest BCUT2D eigenvalue weighted by Gasteiger charge is 2.48. The molecule has 0 nitrogen and oxygen atoms in total. The van der Waals surface area contributed by atoms with E-state index in [9.17, 15) is 0 Å². The van der Waals surface area contributed by atoms with Gasteiger partial charge in [0.25, 0.3) is 0 Å². The van der Waals surface area contributed by atoms with E-state index >= 15 is 0 Å². The first-order valence-electron chi connectivity index (χ1n) is 10.7. The fourth-order valence-electron chi connectivity index (χ4n) is 5.87. The van der Waals surface area contributed by atoms with Gasteiger partial charge >= 0.3 is 0 Å². The Morgan fingerprint density at radius 1 is 0.862 bits per heavy atom. The van der Waals surface area contributed by atoms with E-state index < -0.39 is 8.80 Å². The molecule has 0 amide bonds. The summed E-state index contributed by atoms with van der Waals surface area (Å²) in [5.41, 5.74) is 9.97.